The topological polar surface area (TPSA) is 101 Å². The second kappa shape index (κ2) is 11.6. The van der Waals surface area contributed by atoms with Crippen LogP contribution in [0.1, 0.15) is 40.5 Å². The third-order valence-electron chi connectivity index (χ3n) is 2.29. The van der Waals surface area contributed by atoms with Crippen LogP contribution < -0.4 is 22.0 Å². The van der Waals surface area contributed by atoms with Gasteiger partial charge in [-0.3, -0.25) is 0 Å². The SMILES string of the molecule is CC(C)CCNNOC(=O)C(=O)ONNCCC(C)C. The van der Waals surface area contributed by atoms with Gasteiger partial charge in [-0.15, -0.1) is 0 Å². The van der Waals surface area contributed by atoms with Crippen molar-refractivity contribution in [1.82, 2.24) is 22.0 Å². The van der Waals surface area contributed by atoms with Gasteiger partial charge in [0.05, 0.1) is 0 Å². The van der Waals surface area contributed by atoms with Crippen molar-refractivity contribution in [2.45, 2.75) is 40.5 Å². The van der Waals surface area contributed by atoms with Crippen LogP contribution in [0.2, 0.25) is 0 Å². The highest BCUT2D eigenvalue weighted by atomic mass is 16.8. The van der Waals surface area contributed by atoms with Gasteiger partial charge in [-0.1, -0.05) is 38.9 Å². The first-order valence-corrected chi connectivity index (χ1v) is 6.81. The summed E-state index contributed by atoms with van der Waals surface area (Å²) in [6.45, 7) is 9.53. The largest absolute Gasteiger partial charge is 0.439 e. The van der Waals surface area contributed by atoms with Gasteiger partial charge < -0.3 is 9.68 Å². The molecule has 0 amide bonds. The Morgan fingerprint density at radius 3 is 1.45 bits per heavy atom. The lowest BCUT2D eigenvalue weighted by atomic mass is 10.1. The number of nitrogens with one attached hydrogen (secondary N) is 4. The normalized spacial score (nSPS) is 10.9. The van der Waals surface area contributed by atoms with Gasteiger partial charge in [0.1, 0.15) is 0 Å². The van der Waals surface area contributed by atoms with Crippen LogP contribution >= 0.6 is 0 Å². The van der Waals surface area contributed by atoms with E-state index in [1.807, 2.05) is 0 Å². The van der Waals surface area contributed by atoms with Crippen molar-refractivity contribution in [3.8, 4) is 0 Å². The number of hydrazine groups is 2. The lowest BCUT2D eigenvalue weighted by Gasteiger charge is -2.09. The molecule has 0 aliphatic rings. The van der Waals surface area contributed by atoms with Gasteiger partial charge in [-0.25, -0.2) is 20.4 Å². The van der Waals surface area contributed by atoms with Crippen molar-refractivity contribution >= 4 is 11.9 Å². The van der Waals surface area contributed by atoms with E-state index in [2.05, 4.69) is 59.4 Å². The summed E-state index contributed by atoms with van der Waals surface area (Å²) in [6, 6.07) is 0. The molecule has 0 aromatic carbocycles. The maximum absolute atomic E-state index is 11.1. The Morgan fingerprint density at radius 2 is 1.15 bits per heavy atom. The molecule has 0 atom stereocenters. The summed E-state index contributed by atoms with van der Waals surface area (Å²) in [7, 11) is 0. The number of rotatable bonds is 10. The highest BCUT2D eigenvalue weighted by Gasteiger charge is 2.17. The fourth-order valence-corrected chi connectivity index (χ4v) is 1.07. The molecule has 4 N–H and O–H groups in total. The van der Waals surface area contributed by atoms with Crippen LogP contribution in [0.3, 0.4) is 0 Å². The molecule has 0 bridgehead atoms. The van der Waals surface area contributed by atoms with Crippen molar-refractivity contribution in [2.75, 3.05) is 13.1 Å². The van der Waals surface area contributed by atoms with E-state index < -0.39 is 11.9 Å². The molecule has 0 fully saturated rings. The third-order valence-corrected chi connectivity index (χ3v) is 2.29. The molecule has 0 aliphatic carbocycles. The van der Waals surface area contributed by atoms with Crippen molar-refractivity contribution in [3.63, 3.8) is 0 Å². The maximum Gasteiger partial charge on any atom is 0.439 e. The smallest absolute Gasteiger partial charge is 0.346 e. The average molecular weight is 290 g/mol. The van der Waals surface area contributed by atoms with Gasteiger partial charge in [-0.2, -0.15) is 0 Å². The van der Waals surface area contributed by atoms with Crippen LogP contribution in [0, 0.1) is 11.8 Å². The molecule has 0 rings (SSSR count). The summed E-state index contributed by atoms with van der Waals surface area (Å²) in [5.41, 5.74) is 9.69. The fourth-order valence-electron chi connectivity index (χ4n) is 1.07. The molecule has 0 aliphatic heterocycles. The van der Waals surface area contributed by atoms with E-state index in [0.717, 1.165) is 12.8 Å². The molecule has 118 valence electrons. The Balaban J connectivity index is 3.49. The predicted molar refractivity (Wildman–Crippen MR) is 73.4 cm³/mol. The molecule has 8 nitrogen and oxygen atoms in total. The Bertz CT molecular complexity index is 257. The molecule has 20 heavy (non-hydrogen) atoms. The minimum atomic E-state index is -1.14. The first kappa shape index (κ1) is 18.8. The Labute approximate surface area is 119 Å². The number of hydrogen-bond acceptors (Lipinski definition) is 8. The molecule has 8 heteroatoms. The molecular weight excluding hydrogens is 264 g/mol. The standard InChI is InChI=1S/C12H26N4O4/c1-9(2)5-7-13-15-19-11(17)12(18)20-16-14-8-6-10(3)4/h9-10,13-16H,5-8H2,1-4H3. The van der Waals surface area contributed by atoms with Gasteiger partial charge in [0.25, 0.3) is 0 Å². The average Bonchev–Trinajstić information content (AvgIpc) is 2.36. The molecule has 0 aromatic heterocycles. The molecule has 0 radical (unpaired) electrons. The maximum atomic E-state index is 11.1. The van der Waals surface area contributed by atoms with E-state index in [9.17, 15) is 9.59 Å². The highest BCUT2D eigenvalue weighted by Crippen LogP contribution is 1.96. The Hall–Kier alpha value is -1.22. The monoisotopic (exact) mass is 290 g/mol. The number of carbonyl (C=O) groups excluding carboxylic acids is 2. The van der Waals surface area contributed by atoms with Crippen molar-refractivity contribution < 1.29 is 19.3 Å². The van der Waals surface area contributed by atoms with Crippen LogP contribution in [0.4, 0.5) is 0 Å². The molecule has 0 aromatic rings. The second-order valence-electron chi connectivity index (χ2n) is 5.20. The van der Waals surface area contributed by atoms with Crippen LogP contribution in [-0.2, 0) is 19.3 Å². The first-order chi connectivity index (χ1) is 9.43. The Kier molecular flexibility index (Phi) is 10.9. The van der Waals surface area contributed by atoms with E-state index in [0.29, 0.717) is 24.9 Å². The molecular formula is C12H26N4O4. The first-order valence-electron chi connectivity index (χ1n) is 6.81. The van der Waals surface area contributed by atoms with Gasteiger partial charge in [0.2, 0.25) is 0 Å². The third kappa shape index (κ3) is 11.8. The fraction of sp³-hybridized carbons (Fsp3) is 0.833. The summed E-state index contributed by atoms with van der Waals surface area (Å²) in [4.78, 5) is 31.2. The molecule has 0 unspecified atom stereocenters. The number of hydrogen-bond donors (Lipinski definition) is 4. The van der Waals surface area contributed by atoms with Crippen molar-refractivity contribution in [3.05, 3.63) is 0 Å². The minimum absolute atomic E-state index is 0.533. The Morgan fingerprint density at radius 1 is 0.800 bits per heavy atom. The van der Waals surface area contributed by atoms with Gasteiger partial charge >= 0.3 is 11.9 Å². The zero-order valence-electron chi connectivity index (χ0n) is 12.6. The lowest BCUT2D eigenvalue weighted by molar-refractivity contribution is -0.179. The number of carbonyl (C=O) groups is 2. The van der Waals surface area contributed by atoms with E-state index >= 15 is 0 Å². The highest BCUT2D eigenvalue weighted by molar-refractivity contribution is 6.29. The van der Waals surface area contributed by atoms with Gasteiger partial charge in [0, 0.05) is 13.1 Å². The van der Waals surface area contributed by atoms with E-state index in [1.54, 1.807) is 0 Å². The van der Waals surface area contributed by atoms with Gasteiger partial charge in [0.15, 0.2) is 0 Å². The van der Waals surface area contributed by atoms with E-state index in [1.165, 1.54) is 0 Å². The molecule has 0 heterocycles. The molecule has 0 saturated heterocycles. The van der Waals surface area contributed by atoms with E-state index in [4.69, 9.17) is 0 Å². The quantitative estimate of drug-likeness (QED) is 0.257. The van der Waals surface area contributed by atoms with Crippen LogP contribution in [0.15, 0.2) is 0 Å². The summed E-state index contributed by atoms with van der Waals surface area (Å²) >= 11 is 0. The van der Waals surface area contributed by atoms with Crippen LogP contribution in [0.25, 0.3) is 0 Å². The molecule has 0 saturated carbocycles. The molecule has 0 spiro atoms. The predicted octanol–water partition coefficient (Wildman–Crippen LogP) is 0.183. The van der Waals surface area contributed by atoms with Crippen LogP contribution in [-0.4, -0.2) is 25.0 Å². The second-order valence-corrected chi connectivity index (χ2v) is 5.20. The van der Waals surface area contributed by atoms with Crippen LogP contribution in [0.5, 0.6) is 0 Å². The van der Waals surface area contributed by atoms with E-state index in [-0.39, 0.29) is 0 Å². The van der Waals surface area contributed by atoms with Crippen molar-refractivity contribution in [2.24, 2.45) is 11.8 Å². The zero-order valence-corrected chi connectivity index (χ0v) is 12.6. The summed E-state index contributed by atoms with van der Waals surface area (Å²) in [5.74, 6) is -1.21. The minimum Gasteiger partial charge on any atom is -0.346 e. The van der Waals surface area contributed by atoms with Gasteiger partial charge in [-0.05, 0) is 24.7 Å². The summed E-state index contributed by atoms with van der Waals surface area (Å²) in [5, 5.41) is 0. The van der Waals surface area contributed by atoms with Crippen molar-refractivity contribution in [1.29, 1.82) is 0 Å². The summed E-state index contributed by atoms with van der Waals surface area (Å²) in [6.07, 6.45) is 1.83. The zero-order chi connectivity index (χ0) is 15.4. The summed E-state index contributed by atoms with van der Waals surface area (Å²) < 4.78 is 0. The lowest BCUT2D eigenvalue weighted by Crippen LogP contribution is -2.41.